The molecule has 3 aromatic carbocycles. The van der Waals surface area contributed by atoms with Crippen molar-refractivity contribution in [3.8, 4) is 6.07 Å². The van der Waals surface area contributed by atoms with E-state index in [4.69, 9.17) is 4.42 Å². The minimum absolute atomic E-state index is 0.155. The highest BCUT2D eigenvalue weighted by atomic mass is 19.1. The van der Waals surface area contributed by atoms with Crippen molar-refractivity contribution in [2.24, 2.45) is 5.92 Å². The van der Waals surface area contributed by atoms with Crippen molar-refractivity contribution < 1.29 is 8.81 Å². The van der Waals surface area contributed by atoms with E-state index >= 15 is 4.39 Å². The maximum atomic E-state index is 15.7. The van der Waals surface area contributed by atoms with Gasteiger partial charge in [0.2, 0.25) is 0 Å². The van der Waals surface area contributed by atoms with E-state index in [1.165, 1.54) is 0 Å². The summed E-state index contributed by atoms with van der Waals surface area (Å²) >= 11 is 0. The van der Waals surface area contributed by atoms with E-state index in [0.717, 1.165) is 38.2 Å². The lowest BCUT2D eigenvalue weighted by Gasteiger charge is -2.16. The summed E-state index contributed by atoms with van der Waals surface area (Å²) in [7, 11) is 0. The van der Waals surface area contributed by atoms with Gasteiger partial charge in [-0.15, -0.1) is 0 Å². The Balaban J connectivity index is 1.83. The van der Waals surface area contributed by atoms with Crippen molar-refractivity contribution in [1.29, 1.82) is 5.26 Å². The topological polar surface area (TPSA) is 41.9 Å². The van der Waals surface area contributed by atoms with Crippen molar-refractivity contribution in [1.82, 2.24) is 4.57 Å². The monoisotopic (exact) mass is 524 g/mol. The Morgan fingerprint density at radius 3 is 2.38 bits per heavy atom. The minimum atomic E-state index is -0.671. The molecule has 40 heavy (non-hydrogen) atoms. The summed E-state index contributed by atoms with van der Waals surface area (Å²) in [4.78, 5) is 0. The summed E-state index contributed by atoms with van der Waals surface area (Å²) in [6.45, 7) is 9.35. The second-order valence-electron chi connectivity index (χ2n) is 9.41. The second-order valence-corrected chi connectivity index (χ2v) is 9.41. The van der Waals surface area contributed by atoms with Gasteiger partial charge in [0, 0.05) is 22.1 Å². The van der Waals surface area contributed by atoms with Crippen molar-refractivity contribution >= 4 is 49.4 Å². The molecule has 2 aromatic heterocycles. The molecule has 4 heteroatoms. The molecule has 0 saturated carbocycles. The van der Waals surface area contributed by atoms with Crippen LogP contribution in [-0.4, -0.2) is 4.57 Å². The average Bonchev–Trinajstić information content (AvgIpc) is 3.50. The van der Waals surface area contributed by atoms with E-state index in [9.17, 15) is 5.26 Å². The standard InChI is InChI=1S/C36H29FN2O/c1-4-6-8-10-16-26(15-9-7-5-2)23-27(24-38)35(25(3)37)39-31-19-13-11-17-28(31)29-21-22-33-34(36(29)39)30-18-12-14-20-32(30)40-33/h4-22,26H,1,3,23H2,2H3/b7-5-,8-6-,15-9?,16-10-,35-27-. The molecule has 0 spiro atoms. The van der Waals surface area contributed by atoms with Gasteiger partial charge in [-0.1, -0.05) is 104 Å². The highest BCUT2D eigenvalue weighted by molar-refractivity contribution is 6.25. The van der Waals surface area contributed by atoms with E-state index in [0.29, 0.717) is 11.2 Å². The van der Waals surface area contributed by atoms with Crippen LogP contribution in [0.4, 0.5) is 4.39 Å². The molecule has 0 aliphatic carbocycles. The van der Waals surface area contributed by atoms with E-state index in [1.54, 1.807) is 6.08 Å². The fourth-order valence-corrected chi connectivity index (χ4v) is 5.22. The van der Waals surface area contributed by atoms with Gasteiger partial charge >= 0.3 is 0 Å². The minimum Gasteiger partial charge on any atom is -0.456 e. The van der Waals surface area contributed by atoms with Gasteiger partial charge < -0.3 is 8.98 Å². The molecule has 0 N–H and O–H groups in total. The molecular weight excluding hydrogens is 495 g/mol. The lowest BCUT2D eigenvalue weighted by atomic mass is 9.96. The lowest BCUT2D eigenvalue weighted by molar-refractivity contribution is 0.664. The summed E-state index contributed by atoms with van der Waals surface area (Å²) in [5.74, 6) is -0.826. The first-order chi connectivity index (χ1) is 19.6. The summed E-state index contributed by atoms with van der Waals surface area (Å²) in [5, 5.41) is 14.1. The Kier molecular flexibility index (Phi) is 7.75. The highest BCUT2D eigenvalue weighted by Gasteiger charge is 2.24. The fourth-order valence-electron chi connectivity index (χ4n) is 5.22. The van der Waals surface area contributed by atoms with Gasteiger partial charge in [0.1, 0.15) is 17.0 Å². The molecule has 5 rings (SSSR count). The Morgan fingerprint density at radius 2 is 1.65 bits per heavy atom. The first-order valence-corrected chi connectivity index (χ1v) is 13.2. The van der Waals surface area contributed by atoms with Crippen LogP contribution in [0.2, 0.25) is 0 Å². The molecule has 196 valence electrons. The van der Waals surface area contributed by atoms with Crippen LogP contribution in [0.15, 0.2) is 144 Å². The first kappa shape index (κ1) is 26.5. The quantitative estimate of drug-likeness (QED) is 0.142. The molecule has 2 heterocycles. The lowest BCUT2D eigenvalue weighted by Crippen LogP contribution is -2.04. The van der Waals surface area contributed by atoms with Crippen LogP contribution >= 0.6 is 0 Å². The average molecular weight is 525 g/mol. The number of furan rings is 1. The third-order valence-corrected chi connectivity index (χ3v) is 6.89. The van der Waals surface area contributed by atoms with Crippen molar-refractivity contribution in [3.63, 3.8) is 0 Å². The Bertz CT molecular complexity index is 1950. The predicted octanol–water partition coefficient (Wildman–Crippen LogP) is 10.3. The van der Waals surface area contributed by atoms with E-state index in [1.807, 2.05) is 121 Å². The Hall–Kier alpha value is -5.14. The summed E-state index contributed by atoms with van der Waals surface area (Å²) in [6, 6.07) is 21.9. The van der Waals surface area contributed by atoms with Crippen LogP contribution in [0, 0.1) is 17.2 Å². The molecule has 0 aliphatic rings. The molecule has 0 bridgehead atoms. The van der Waals surface area contributed by atoms with Gasteiger partial charge in [-0.05, 0) is 37.6 Å². The maximum absolute atomic E-state index is 15.7. The van der Waals surface area contributed by atoms with Gasteiger partial charge in [0.25, 0.3) is 0 Å². The number of hydrogen-bond donors (Lipinski definition) is 0. The largest absolute Gasteiger partial charge is 0.456 e. The van der Waals surface area contributed by atoms with Crippen LogP contribution in [0.25, 0.3) is 49.4 Å². The predicted molar refractivity (Wildman–Crippen MR) is 166 cm³/mol. The number of aromatic nitrogens is 1. The number of rotatable bonds is 9. The zero-order valence-corrected chi connectivity index (χ0v) is 22.3. The van der Waals surface area contributed by atoms with Crippen molar-refractivity contribution in [3.05, 3.63) is 140 Å². The molecule has 0 amide bonds. The number of allylic oxidation sites excluding steroid dienone is 12. The number of para-hydroxylation sites is 2. The zero-order valence-electron chi connectivity index (χ0n) is 22.3. The highest BCUT2D eigenvalue weighted by Crippen LogP contribution is 2.42. The zero-order chi connectivity index (χ0) is 28.1. The summed E-state index contributed by atoms with van der Waals surface area (Å²) < 4.78 is 23.7. The van der Waals surface area contributed by atoms with Crippen LogP contribution in [-0.2, 0) is 0 Å². The normalized spacial score (nSPS) is 13.9. The molecule has 0 radical (unpaired) electrons. The maximum Gasteiger partial charge on any atom is 0.141 e. The number of fused-ring (bicyclic) bond motifs is 7. The molecule has 0 aliphatic heterocycles. The van der Waals surface area contributed by atoms with Crippen LogP contribution in [0.3, 0.4) is 0 Å². The number of nitriles is 1. The molecule has 1 unspecified atom stereocenters. The smallest absolute Gasteiger partial charge is 0.141 e. The van der Waals surface area contributed by atoms with Gasteiger partial charge in [0.05, 0.1) is 33.8 Å². The van der Waals surface area contributed by atoms with Crippen molar-refractivity contribution in [2.75, 3.05) is 0 Å². The van der Waals surface area contributed by atoms with E-state index in [-0.39, 0.29) is 18.0 Å². The summed E-state index contributed by atoms with van der Waals surface area (Å²) in [5.41, 5.74) is 3.49. The molecular formula is C36H29FN2O. The fraction of sp³-hybridized carbons (Fsp3) is 0.0833. The second kappa shape index (κ2) is 11.7. The SMILES string of the molecule is C=C/C=C\C=C/C(C=C/C=C\C)C/C(C#N)=C(\C(=C)F)n1c2ccccc2c2ccc3oc4ccccc4c3c21. The first-order valence-electron chi connectivity index (χ1n) is 13.2. The third kappa shape index (κ3) is 4.86. The number of halogens is 1. The van der Waals surface area contributed by atoms with E-state index in [2.05, 4.69) is 19.2 Å². The van der Waals surface area contributed by atoms with Crippen LogP contribution in [0.5, 0.6) is 0 Å². The number of benzene rings is 3. The Morgan fingerprint density at radius 1 is 0.925 bits per heavy atom. The van der Waals surface area contributed by atoms with Gasteiger partial charge in [-0.25, -0.2) is 4.39 Å². The number of nitrogens with zero attached hydrogens (tertiary/aromatic N) is 2. The third-order valence-electron chi connectivity index (χ3n) is 6.89. The molecule has 0 saturated heterocycles. The van der Waals surface area contributed by atoms with Gasteiger partial charge in [0.15, 0.2) is 0 Å². The molecule has 0 fully saturated rings. The Labute approximate surface area is 233 Å². The molecule has 3 nitrogen and oxygen atoms in total. The van der Waals surface area contributed by atoms with Crippen molar-refractivity contribution in [2.45, 2.75) is 13.3 Å². The summed E-state index contributed by atoms with van der Waals surface area (Å²) in [6.07, 6.45) is 17.4. The molecule has 1 atom stereocenters. The van der Waals surface area contributed by atoms with Gasteiger partial charge in [-0.3, -0.25) is 0 Å². The molecule has 5 aromatic rings. The number of hydrogen-bond acceptors (Lipinski definition) is 2. The van der Waals surface area contributed by atoms with Crippen LogP contribution in [0.1, 0.15) is 13.3 Å². The van der Waals surface area contributed by atoms with Gasteiger partial charge in [-0.2, -0.15) is 5.26 Å². The van der Waals surface area contributed by atoms with E-state index < -0.39 is 5.83 Å². The van der Waals surface area contributed by atoms with Crippen LogP contribution < -0.4 is 0 Å².